The van der Waals surface area contributed by atoms with E-state index in [1.165, 1.54) is 10.8 Å². The molecule has 2 N–H and O–H groups in total. The summed E-state index contributed by atoms with van der Waals surface area (Å²) in [6.45, 7) is 0. The molecular weight excluding hydrogens is 410 g/mol. The van der Waals surface area contributed by atoms with Crippen molar-refractivity contribution in [1.82, 2.24) is 19.7 Å². The SMILES string of the molecule is O=C(/C=C\c1ccccc1)Nc1cc(-c2cccs2)nn1-c1nc2c(c(=O)[nH]1)CCC2. The van der Waals surface area contributed by atoms with Gasteiger partial charge in [0.1, 0.15) is 11.5 Å². The van der Waals surface area contributed by atoms with Gasteiger partial charge in [-0.1, -0.05) is 36.4 Å². The zero-order valence-corrected chi connectivity index (χ0v) is 17.4. The van der Waals surface area contributed by atoms with Crippen molar-refractivity contribution in [2.45, 2.75) is 19.3 Å². The first-order chi connectivity index (χ1) is 15.2. The van der Waals surface area contributed by atoms with Gasteiger partial charge in [0.2, 0.25) is 11.9 Å². The number of aromatic nitrogens is 4. The molecule has 3 aromatic heterocycles. The summed E-state index contributed by atoms with van der Waals surface area (Å²) in [6.07, 6.45) is 5.64. The number of benzene rings is 1. The first-order valence-corrected chi connectivity index (χ1v) is 10.9. The molecule has 8 heteroatoms. The van der Waals surface area contributed by atoms with Gasteiger partial charge in [-0.2, -0.15) is 9.78 Å². The highest BCUT2D eigenvalue weighted by Crippen LogP contribution is 2.27. The highest BCUT2D eigenvalue weighted by Gasteiger charge is 2.20. The fourth-order valence-corrected chi connectivity index (χ4v) is 4.29. The second-order valence-electron chi connectivity index (χ2n) is 7.21. The van der Waals surface area contributed by atoms with Gasteiger partial charge in [0.15, 0.2) is 0 Å². The van der Waals surface area contributed by atoms with Gasteiger partial charge in [0, 0.05) is 17.7 Å². The van der Waals surface area contributed by atoms with Crippen LogP contribution in [0.15, 0.2) is 64.8 Å². The van der Waals surface area contributed by atoms with Crippen molar-refractivity contribution in [2.75, 3.05) is 5.32 Å². The molecule has 0 radical (unpaired) electrons. The minimum absolute atomic E-state index is 0.146. The van der Waals surface area contributed by atoms with E-state index in [0.29, 0.717) is 17.5 Å². The van der Waals surface area contributed by atoms with Crippen LogP contribution in [0.25, 0.3) is 22.6 Å². The standard InChI is InChI=1S/C23H19N5O2S/c29-21(12-11-15-6-2-1-3-7-15)25-20-14-18(19-10-5-13-31-19)27-28(20)23-24-17-9-4-8-16(17)22(30)26-23/h1-3,5-7,10-14H,4,8-9H2,(H,25,29)(H,24,26,30)/b12-11-. The molecule has 0 spiro atoms. The van der Waals surface area contributed by atoms with Crippen LogP contribution in [-0.4, -0.2) is 25.7 Å². The van der Waals surface area contributed by atoms with E-state index in [1.807, 2.05) is 47.8 Å². The number of nitrogens with one attached hydrogen (secondary N) is 2. The van der Waals surface area contributed by atoms with Gasteiger partial charge in [0.05, 0.1) is 10.6 Å². The molecule has 0 fully saturated rings. The van der Waals surface area contributed by atoms with Crippen LogP contribution < -0.4 is 10.9 Å². The molecule has 3 heterocycles. The number of carbonyl (C=O) groups is 1. The summed E-state index contributed by atoms with van der Waals surface area (Å²) in [5.74, 6) is 0.439. The summed E-state index contributed by atoms with van der Waals surface area (Å²) in [7, 11) is 0. The highest BCUT2D eigenvalue weighted by atomic mass is 32.1. The van der Waals surface area contributed by atoms with Crippen molar-refractivity contribution in [3.05, 3.63) is 87.2 Å². The summed E-state index contributed by atoms with van der Waals surface area (Å²) < 4.78 is 1.49. The minimum atomic E-state index is -0.300. The van der Waals surface area contributed by atoms with Gasteiger partial charge in [-0.05, 0) is 42.3 Å². The molecule has 154 valence electrons. The van der Waals surface area contributed by atoms with Crippen LogP contribution in [0.1, 0.15) is 23.2 Å². The van der Waals surface area contributed by atoms with Crippen molar-refractivity contribution >= 4 is 29.1 Å². The Kier molecular flexibility index (Phi) is 5.05. The van der Waals surface area contributed by atoms with Crippen molar-refractivity contribution in [1.29, 1.82) is 0 Å². The van der Waals surface area contributed by atoms with Gasteiger partial charge >= 0.3 is 0 Å². The Morgan fingerprint density at radius 1 is 1.16 bits per heavy atom. The van der Waals surface area contributed by atoms with E-state index in [9.17, 15) is 9.59 Å². The molecule has 1 aliphatic rings. The average molecular weight is 430 g/mol. The number of carbonyl (C=O) groups excluding carboxylic acids is 1. The van der Waals surface area contributed by atoms with Crippen LogP contribution in [0.3, 0.4) is 0 Å². The number of fused-ring (bicyclic) bond motifs is 1. The molecule has 1 aromatic carbocycles. The van der Waals surface area contributed by atoms with Gasteiger partial charge in [-0.25, -0.2) is 4.98 Å². The Bertz CT molecular complexity index is 1320. The molecule has 0 saturated heterocycles. The largest absolute Gasteiger partial charge is 0.307 e. The summed E-state index contributed by atoms with van der Waals surface area (Å²) in [4.78, 5) is 33.5. The van der Waals surface area contributed by atoms with E-state index in [-0.39, 0.29) is 11.5 Å². The molecule has 0 saturated carbocycles. The van der Waals surface area contributed by atoms with Crippen LogP contribution >= 0.6 is 11.3 Å². The predicted octanol–water partition coefficient (Wildman–Crippen LogP) is 3.82. The van der Waals surface area contributed by atoms with E-state index in [4.69, 9.17) is 0 Å². The van der Waals surface area contributed by atoms with Crippen LogP contribution in [0.4, 0.5) is 5.82 Å². The normalized spacial score (nSPS) is 12.9. The zero-order chi connectivity index (χ0) is 21.2. The fraction of sp³-hybridized carbons (Fsp3) is 0.130. The highest BCUT2D eigenvalue weighted by molar-refractivity contribution is 7.13. The lowest BCUT2D eigenvalue weighted by molar-refractivity contribution is -0.111. The maximum absolute atomic E-state index is 12.6. The lowest BCUT2D eigenvalue weighted by Crippen LogP contribution is -2.20. The number of aromatic amines is 1. The summed E-state index contributed by atoms with van der Waals surface area (Å²) in [6, 6.07) is 15.3. The molecule has 0 unspecified atom stereocenters. The molecule has 1 amide bonds. The number of hydrogen-bond acceptors (Lipinski definition) is 5. The van der Waals surface area contributed by atoms with Crippen molar-refractivity contribution in [3.63, 3.8) is 0 Å². The number of hydrogen-bond donors (Lipinski definition) is 2. The number of amides is 1. The number of aryl methyl sites for hydroxylation is 1. The van der Waals surface area contributed by atoms with Crippen LogP contribution in [0, 0.1) is 0 Å². The van der Waals surface area contributed by atoms with Crippen LogP contribution in [0.5, 0.6) is 0 Å². The summed E-state index contributed by atoms with van der Waals surface area (Å²) in [5.41, 5.74) is 3.02. The number of anilines is 1. The molecular formula is C23H19N5O2S. The fourth-order valence-electron chi connectivity index (χ4n) is 3.61. The van der Waals surface area contributed by atoms with E-state index >= 15 is 0 Å². The summed E-state index contributed by atoms with van der Waals surface area (Å²) >= 11 is 1.55. The molecule has 31 heavy (non-hydrogen) atoms. The molecule has 0 bridgehead atoms. The van der Waals surface area contributed by atoms with Crippen LogP contribution in [0.2, 0.25) is 0 Å². The summed E-state index contributed by atoms with van der Waals surface area (Å²) in [5, 5.41) is 9.45. The second kappa shape index (κ2) is 8.16. The maximum Gasteiger partial charge on any atom is 0.255 e. The molecule has 1 aliphatic carbocycles. The smallest absolute Gasteiger partial charge is 0.255 e. The number of H-pyrrole nitrogens is 1. The Morgan fingerprint density at radius 2 is 2.03 bits per heavy atom. The molecule has 4 aromatic rings. The topological polar surface area (TPSA) is 92.7 Å². The quantitative estimate of drug-likeness (QED) is 0.472. The van der Waals surface area contributed by atoms with E-state index in [1.54, 1.807) is 23.5 Å². The average Bonchev–Trinajstić information content (AvgIpc) is 3.53. The number of rotatable bonds is 5. The maximum atomic E-state index is 12.6. The third kappa shape index (κ3) is 3.97. The Hall–Kier alpha value is -3.78. The Morgan fingerprint density at radius 3 is 2.84 bits per heavy atom. The number of thiophene rings is 1. The Balaban J connectivity index is 1.51. The van der Waals surface area contributed by atoms with E-state index < -0.39 is 0 Å². The monoisotopic (exact) mass is 429 g/mol. The van der Waals surface area contributed by atoms with Crippen molar-refractivity contribution in [3.8, 4) is 16.5 Å². The predicted molar refractivity (Wildman–Crippen MR) is 121 cm³/mol. The second-order valence-corrected chi connectivity index (χ2v) is 8.15. The molecule has 5 rings (SSSR count). The third-order valence-corrected chi connectivity index (χ3v) is 5.98. The van der Waals surface area contributed by atoms with E-state index in [2.05, 4.69) is 20.4 Å². The number of nitrogens with zero attached hydrogens (tertiary/aromatic N) is 3. The molecule has 7 nitrogen and oxygen atoms in total. The van der Waals surface area contributed by atoms with Crippen molar-refractivity contribution < 1.29 is 4.79 Å². The molecule has 0 atom stereocenters. The van der Waals surface area contributed by atoms with Gasteiger partial charge in [-0.15, -0.1) is 11.3 Å². The third-order valence-electron chi connectivity index (χ3n) is 5.09. The van der Waals surface area contributed by atoms with E-state index in [0.717, 1.165) is 41.0 Å². The lowest BCUT2D eigenvalue weighted by Gasteiger charge is -2.08. The van der Waals surface area contributed by atoms with Gasteiger partial charge < -0.3 is 5.32 Å². The van der Waals surface area contributed by atoms with Gasteiger partial charge in [-0.3, -0.25) is 14.6 Å². The first kappa shape index (κ1) is 19.2. The van der Waals surface area contributed by atoms with Crippen LogP contribution in [-0.2, 0) is 17.6 Å². The first-order valence-electron chi connectivity index (χ1n) is 9.98. The van der Waals surface area contributed by atoms with Gasteiger partial charge in [0.25, 0.3) is 5.56 Å². The lowest BCUT2D eigenvalue weighted by atomic mass is 10.2. The molecule has 0 aliphatic heterocycles. The Labute approximate surface area is 182 Å². The van der Waals surface area contributed by atoms with Crippen molar-refractivity contribution in [2.24, 2.45) is 0 Å². The minimum Gasteiger partial charge on any atom is -0.307 e. The zero-order valence-electron chi connectivity index (χ0n) is 16.5.